The number of amides is 2. The summed E-state index contributed by atoms with van der Waals surface area (Å²) in [6.45, 7) is 1.69. The van der Waals surface area contributed by atoms with Crippen LogP contribution in [0.2, 0.25) is 0 Å². The Kier molecular flexibility index (Phi) is 6.33. The Balaban J connectivity index is 1.29. The average Bonchev–Trinajstić information content (AvgIpc) is 3.75. The molecule has 5 heteroatoms. The molecule has 3 aliphatic rings. The first-order valence-electron chi connectivity index (χ1n) is 12.5. The predicted molar refractivity (Wildman–Crippen MR) is 125 cm³/mol. The number of hydrogen-bond acceptors (Lipinski definition) is 2. The van der Waals surface area contributed by atoms with Crippen molar-refractivity contribution in [3.8, 4) is 0 Å². The molecule has 0 N–H and O–H groups in total. The van der Waals surface area contributed by atoms with Gasteiger partial charge in [-0.15, -0.1) is 0 Å². The van der Waals surface area contributed by atoms with Gasteiger partial charge < -0.3 is 14.4 Å². The minimum absolute atomic E-state index is 0.125. The third-order valence-corrected chi connectivity index (χ3v) is 7.29. The van der Waals surface area contributed by atoms with Gasteiger partial charge in [-0.2, -0.15) is 0 Å². The molecule has 0 saturated heterocycles. The lowest BCUT2D eigenvalue weighted by Gasteiger charge is -2.36. The van der Waals surface area contributed by atoms with Crippen LogP contribution in [0.25, 0.3) is 0 Å². The highest BCUT2D eigenvalue weighted by Crippen LogP contribution is 2.34. The van der Waals surface area contributed by atoms with Gasteiger partial charge >= 0.3 is 0 Å². The minimum Gasteiger partial charge on any atom is -0.345 e. The molecule has 3 saturated carbocycles. The topological polar surface area (TPSA) is 45.6 Å². The van der Waals surface area contributed by atoms with Crippen LogP contribution in [0.4, 0.5) is 0 Å². The van der Waals surface area contributed by atoms with Crippen LogP contribution < -0.4 is 0 Å². The first kappa shape index (κ1) is 21.3. The molecule has 0 atom stereocenters. The summed E-state index contributed by atoms with van der Waals surface area (Å²) in [5.41, 5.74) is 2.42. The van der Waals surface area contributed by atoms with Crippen LogP contribution in [0.5, 0.6) is 0 Å². The summed E-state index contributed by atoms with van der Waals surface area (Å²) in [5.74, 6) is 0.523. The van der Waals surface area contributed by atoms with E-state index in [0.717, 1.165) is 50.8 Å². The van der Waals surface area contributed by atoms with Gasteiger partial charge in [0.2, 0.25) is 11.8 Å². The normalized spacial score (nSPS) is 19.0. The van der Waals surface area contributed by atoms with Crippen molar-refractivity contribution in [1.29, 1.82) is 0 Å². The molecule has 1 aromatic heterocycles. The Morgan fingerprint density at radius 1 is 0.812 bits per heavy atom. The van der Waals surface area contributed by atoms with Crippen LogP contribution in [0.15, 0.2) is 48.7 Å². The molecule has 2 amide bonds. The van der Waals surface area contributed by atoms with Gasteiger partial charge in [-0.25, -0.2) is 0 Å². The maximum absolute atomic E-state index is 13.5. The third kappa shape index (κ3) is 5.08. The summed E-state index contributed by atoms with van der Waals surface area (Å²) in [5, 5.41) is 0. The molecule has 3 aliphatic carbocycles. The second-order valence-electron chi connectivity index (χ2n) is 9.90. The molecular formula is C27H35N3O2. The van der Waals surface area contributed by atoms with Crippen molar-refractivity contribution in [2.75, 3.05) is 6.54 Å². The summed E-state index contributed by atoms with van der Waals surface area (Å²) in [7, 11) is 0. The molecule has 5 rings (SSSR count). The maximum Gasteiger partial charge on any atom is 0.242 e. The Morgan fingerprint density at radius 3 is 2.22 bits per heavy atom. The number of rotatable bonds is 9. The number of aromatic nitrogens is 1. The van der Waals surface area contributed by atoms with E-state index in [1.54, 1.807) is 0 Å². The van der Waals surface area contributed by atoms with Gasteiger partial charge in [0.05, 0.1) is 6.54 Å². The zero-order chi connectivity index (χ0) is 21.9. The van der Waals surface area contributed by atoms with Crippen LogP contribution in [0.3, 0.4) is 0 Å². The number of benzene rings is 1. The molecule has 0 radical (unpaired) electrons. The van der Waals surface area contributed by atoms with E-state index in [9.17, 15) is 9.59 Å². The van der Waals surface area contributed by atoms with Gasteiger partial charge in [0.15, 0.2) is 0 Å². The van der Waals surface area contributed by atoms with Gasteiger partial charge in [-0.3, -0.25) is 9.59 Å². The van der Waals surface area contributed by atoms with Crippen molar-refractivity contribution < 1.29 is 9.59 Å². The molecule has 5 nitrogen and oxygen atoms in total. The van der Waals surface area contributed by atoms with E-state index in [2.05, 4.69) is 47.2 Å². The lowest BCUT2D eigenvalue weighted by atomic mass is 9.93. The lowest BCUT2D eigenvalue weighted by Crippen LogP contribution is -2.49. The molecule has 32 heavy (non-hydrogen) atoms. The van der Waals surface area contributed by atoms with Gasteiger partial charge in [0.1, 0.15) is 6.54 Å². The Hall–Kier alpha value is -2.56. The summed E-state index contributed by atoms with van der Waals surface area (Å²) in [6.07, 6.45) is 11.9. The fourth-order valence-electron chi connectivity index (χ4n) is 5.09. The molecule has 0 bridgehead atoms. The van der Waals surface area contributed by atoms with E-state index in [1.807, 2.05) is 15.9 Å². The van der Waals surface area contributed by atoms with Crippen LogP contribution in [0, 0.1) is 5.92 Å². The van der Waals surface area contributed by atoms with Crippen LogP contribution >= 0.6 is 0 Å². The lowest BCUT2D eigenvalue weighted by molar-refractivity contribution is -0.144. The molecule has 0 unspecified atom stereocenters. The van der Waals surface area contributed by atoms with Crippen molar-refractivity contribution in [3.05, 3.63) is 59.9 Å². The maximum atomic E-state index is 13.5. The second kappa shape index (κ2) is 9.51. The largest absolute Gasteiger partial charge is 0.345 e. The first-order valence-corrected chi connectivity index (χ1v) is 12.5. The zero-order valence-electron chi connectivity index (χ0n) is 19.0. The van der Waals surface area contributed by atoms with Crippen molar-refractivity contribution in [2.24, 2.45) is 5.92 Å². The van der Waals surface area contributed by atoms with Crippen molar-refractivity contribution >= 4 is 11.8 Å². The van der Waals surface area contributed by atoms with Crippen molar-refractivity contribution in [1.82, 2.24) is 14.4 Å². The fourth-order valence-corrected chi connectivity index (χ4v) is 5.09. The van der Waals surface area contributed by atoms with Crippen LogP contribution in [-0.4, -0.2) is 44.8 Å². The standard InChI is InChI=1S/C27H35N3O2/c31-26(20-30(27(32)22-13-14-22)23-10-5-2-6-11-23)29(24-15-16-24)19-25-12-7-17-28(25)18-21-8-3-1-4-9-21/h1,3-4,7-9,12,17,22-24H,2,5-6,10-11,13-16,18-20H2. The number of nitrogens with zero attached hydrogens (tertiary/aromatic N) is 3. The van der Waals surface area contributed by atoms with Gasteiger partial charge in [0.25, 0.3) is 0 Å². The van der Waals surface area contributed by atoms with Gasteiger partial charge in [-0.05, 0) is 56.2 Å². The number of hydrogen-bond donors (Lipinski definition) is 0. The quantitative estimate of drug-likeness (QED) is 0.580. The first-order chi connectivity index (χ1) is 15.7. The molecule has 2 aromatic rings. The molecule has 1 heterocycles. The number of carbonyl (C=O) groups is 2. The summed E-state index contributed by atoms with van der Waals surface area (Å²) in [4.78, 5) is 30.6. The molecule has 170 valence electrons. The van der Waals surface area contributed by atoms with E-state index in [4.69, 9.17) is 0 Å². The average molecular weight is 434 g/mol. The molecule has 0 aliphatic heterocycles. The minimum atomic E-state index is 0.125. The third-order valence-electron chi connectivity index (χ3n) is 7.29. The summed E-state index contributed by atoms with van der Waals surface area (Å²) in [6, 6.07) is 15.2. The summed E-state index contributed by atoms with van der Waals surface area (Å²) >= 11 is 0. The predicted octanol–water partition coefficient (Wildman–Crippen LogP) is 4.60. The highest BCUT2D eigenvalue weighted by molar-refractivity contribution is 5.87. The smallest absolute Gasteiger partial charge is 0.242 e. The van der Waals surface area contributed by atoms with E-state index >= 15 is 0 Å². The molecule has 0 spiro atoms. The zero-order valence-corrected chi connectivity index (χ0v) is 19.0. The van der Waals surface area contributed by atoms with Crippen molar-refractivity contribution in [3.63, 3.8) is 0 Å². The fraction of sp³-hybridized carbons (Fsp3) is 0.556. The Labute approximate surface area is 191 Å². The Morgan fingerprint density at radius 2 is 1.53 bits per heavy atom. The second-order valence-corrected chi connectivity index (χ2v) is 9.90. The molecular weight excluding hydrogens is 398 g/mol. The summed E-state index contributed by atoms with van der Waals surface area (Å²) < 4.78 is 2.24. The molecule has 3 fully saturated rings. The van der Waals surface area contributed by atoms with Crippen LogP contribution in [-0.2, 0) is 22.7 Å². The Bertz CT molecular complexity index is 923. The van der Waals surface area contributed by atoms with Crippen LogP contribution in [0.1, 0.15) is 69.0 Å². The highest BCUT2D eigenvalue weighted by Gasteiger charge is 2.40. The number of carbonyl (C=O) groups excluding carboxylic acids is 2. The highest BCUT2D eigenvalue weighted by atomic mass is 16.2. The van der Waals surface area contributed by atoms with Crippen molar-refractivity contribution in [2.45, 2.75) is 83.0 Å². The monoisotopic (exact) mass is 433 g/mol. The van der Waals surface area contributed by atoms with E-state index in [0.29, 0.717) is 12.6 Å². The SMILES string of the molecule is O=C(CN(C(=O)C1CC1)C1CCCCC1)N(Cc1cccn1Cc1ccccc1)C1CC1. The van der Waals surface area contributed by atoms with Gasteiger partial charge in [0, 0.05) is 36.4 Å². The van der Waals surface area contributed by atoms with E-state index < -0.39 is 0 Å². The molecule has 1 aromatic carbocycles. The van der Waals surface area contributed by atoms with Gasteiger partial charge in [-0.1, -0.05) is 49.6 Å². The van der Waals surface area contributed by atoms with E-state index in [-0.39, 0.29) is 30.3 Å². The van der Waals surface area contributed by atoms with E-state index in [1.165, 1.54) is 24.8 Å².